The summed E-state index contributed by atoms with van der Waals surface area (Å²) in [7, 11) is 0. The van der Waals surface area contributed by atoms with Crippen LogP contribution in [-0.4, -0.2) is 41.9 Å². The van der Waals surface area contributed by atoms with E-state index >= 15 is 0 Å². The van der Waals surface area contributed by atoms with Crippen molar-refractivity contribution in [2.24, 2.45) is 10.7 Å². The number of amides is 1. The molecule has 152 valence electrons. The number of rotatable bonds is 12. The van der Waals surface area contributed by atoms with E-state index in [9.17, 15) is 9.59 Å². The number of nitrogens with zero attached hydrogens (tertiary/aromatic N) is 2. The topological polar surface area (TPSA) is 85.0 Å². The SMILES string of the molecule is [2H]C([2H])([2H])N(CC(=O)OC(C)(C)C)C(N)=NC(=O)CCCCCCCCCCC. The molecule has 0 saturated heterocycles. The average Bonchev–Trinajstić information content (AvgIpc) is 2.55. The Labute approximate surface area is 163 Å². The number of ether oxygens (including phenoxy) is 1. The molecule has 0 unspecified atom stereocenters. The third-order valence-electron chi connectivity index (χ3n) is 3.72. The van der Waals surface area contributed by atoms with Gasteiger partial charge in [-0.05, 0) is 27.2 Å². The number of unbranched alkanes of at least 4 members (excludes halogenated alkanes) is 8. The van der Waals surface area contributed by atoms with Crippen molar-refractivity contribution in [3.63, 3.8) is 0 Å². The summed E-state index contributed by atoms with van der Waals surface area (Å²) in [5.74, 6) is -1.72. The van der Waals surface area contributed by atoms with Crippen LogP contribution in [0.15, 0.2) is 4.99 Å². The first-order valence-electron chi connectivity index (χ1n) is 11.2. The minimum absolute atomic E-state index is 0.206. The van der Waals surface area contributed by atoms with Gasteiger partial charge in [-0.3, -0.25) is 9.59 Å². The van der Waals surface area contributed by atoms with E-state index in [4.69, 9.17) is 14.6 Å². The van der Waals surface area contributed by atoms with Crippen molar-refractivity contribution in [2.75, 3.05) is 13.5 Å². The van der Waals surface area contributed by atoms with Crippen LogP contribution in [0.5, 0.6) is 0 Å². The van der Waals surface area contributed by atoms with Gasteiger partial charge in [0, 0.05) is 17.5 Å². The van der Waals surface area contributed by atoms with Crippen LogP contribution in [0.4, 0.5) is 0 Å². The number of nitrogens with two attached hydrogens (primary N) is 1. The Morgan fingerprint density at radius 2 is 1.58 bits per heavy atom. The van der Waals surface area contributed by atoms with Gasteiger partial charge < -0.3 is 15.4 Å². The van der Waals surface area contributed by atoms with E-state index in [-0.39, 0.29) is 6.42 Å². The molecule has 0 aromatic heterocycles. The number of hydrogen-bond acceptors (Lipinski definition) is 3. The highest BCUT2D eigenvalue weighted by atomic mass is 16.6. The van der Waals surface area contributed by atoms with Crippen molar-refractivity contribution in [1.29, 1.82) is 0 Å². The summed E-state index contributed by atoms with van der Waals surface area (Å²) in [4.78, 5) is 28.3. The molecular formula is C20H39N3O3. The second kappa shape index (κ2) is 13.6. The van der Waals surface area contributed by atoms with Crippen molar-refractivity contribution >= 4 is 17.8 Å². The number of carbonyl (C=O) groups is 2. The molecule has 1 amide bonds. The lowest BCUT2D eigenvalue weighted by molar-refractivity contribution is -0.155. The molecule has 6 heteroatoms. The number of likely N-dealkylation sites (N-methyl/N-ethyl adjacent to an activating group) is 1. The van der Waals surface area contributed by atoms with E-state index < -0.39 is 37.0 Å². The molecule has 2 N–H and O–H groups in total. The van der Waals surface area contributed by atoms with Gasteiger partial charge in [0.2, 0.25) is 5.91 Å². The Hall–Kier alpha value is -1.59. The van der Waals surface area contributed by atoms with Gasteiger partial charge in [0.05, 0.1) is 0 Å². The highest BCUT2D eigenvalue weighted by Crippen LogP contribution is 2.11. The number of carbonyl (C=O) groups excluding carboxylic acids is 2. The summed E-state index contributed by atoms with van der Waals surface area (Å²) in [5.41, 5.74) is 4.96. The van der Waals surface area contributed by atoms with E-state index in [0.717, 1.165) is 19.3 Å². The first-order chi connectivity index (χ1) is 13.4. The minimum atomic E-state index is -2.71. The van der Waals surface area contributed by atoms with Gasteiger partial charge in [-0.15, -0.1) is 0 Å². The summed E-state index contributed by atoms with van der Waals surface area (Å²) in [6, 6.07) is 0. The van der Waals surface area contributed by atoms with E-state index in [0.29, 0.717) is 11.3 Å². The Morgan fingerprint density at radius 3 is 2.08 bits per heavy atom. The molecule has 0 aromatic rings. The highest BCUT2D eigenvalue weighted by molar-refractivity contribution is 5.93. The largest absolute Gasteiger partial charge is 0.459 e. The molecule has 0 aliphatic heterocycles. The molecule has 0 aliphatic rings. The normalized spacial score (nSPS) is 14.3. The van der Waals surface area contributed by atoms with E-state index in [1.165, 1.54) is 32.1 Å². The van der Waals surface area contributed by atoms with Gasteiger partial charge in [0.1, 0.15) is 12.1 Å². The van der Waals surface area contributed by atoms with E-state index in [2.05, 4.69) is 11.9 Å². The van der Waals surface area contributed by atoms with Crippen LogP contribution in [0.3, 0.4) is 0 Å². The molecule has 0 heterocycles. The van der Waals surface area contributed by atoms with Crippen LogP contribution in [0.1, 0.15) is 96.0 Å². The van der Waals surface area contributed by atoms with Gasteiger partial charge >= 0.3 is 5.97 Å². The highest BCUT2D eigenvalue weighted by Gasteiger charge is 2.18. The summed E-state index contributed by atoms with van der Waals surface area (Å²) in [6.45, 7) is 3.92. The third-order valence-corrected chi connectivity index (χ3v) is 3.72. The smallest absolute Gasteiger partial charge is 0.326 e. The first kappa shape index (κ1) is 19.2. The van der Waals surface area contributed by atoms with Crippen LogP contribution in [-0.2, 0) is 14.3 Å². The number of esters is 1. The average molecular weight is 373 g/mol. The van der Waals surface area contributed by atoms with Gasteiger partial charge in [0.15, 0.2) is 5.96 Å². The second-order valence-corrected chi connectivity index (χ2v) is 7.61. The van der Waals surface area contributed by atoms with E-state index in [1.807, 2.05) is 0 Å². The summed E-state index contributed by atoms with van der Waals surface area (Å²) < 4.78 is 27.8. The molecule has 0 bridgehead atoms. The lowest BCUT2D eigenvalue weighted by atomic mass is 10.1. The Kier molecular flexibility index (Phi) is 10.0. The molecule has 0 aliphatic carbocycles. The van der Waals surface area contributed by atoms with Crippen LogP contribution in [0.25, 0.3) is 0 Å². The van der Waals surface area contributed by atoms with E-state index in [1.54, 1.807) is 20.8 Å². The quantitative estimate of drug-likeness (QED) is 0.242. The summed E-state index contributed by atoms with van der Waals surface area (Å²) >= 11 is 0. The van der Waals surface area contributed by atoms with Crippen molar-refractivity contribution in [2.45, 2.75) is 97.5 Å². The Bertz CT molecular complexity index is 529. The maximum atomic E-state index is 12.0. The Morgan fingerprint density at radius 1 is 1.04 bits per heavy atom. The van der Waals surface area contributed by atoms with Crippen LogP contribution in [0.2, 0.25) is 0 Å². The fourth-order valence-electron chi connectivity index (χ4n) is 2.41. The number of guanidine groups is 1. The van der Waals surface area contributed by atoms with Gasteiger partial charge in [-0.25, -0.2) is 0 Å². The lowest BCUT2D eigenvalue weighted by Gasteiger charge is -2.22. The van der Waals surface area contributed by atoms with Crippen molar-refractivity contribution in [3.05, 3.63) is 0 Å². The number of hydrogen-bond donors (Lipinski definition) is 1. The maximum Gasteiger partial charge on any atom is 0.326 e. The zero-order valence-electron chi connectivity index (χ0n) is 20.0. The predicted molar refractivity (Wildman–Crippen MR) is 107 cm³/mol. The van der Waals surface area contributed by atoms with Crippen molar-refractivity contribution in [1.82, 2.24) is 4.90 Å². The molecule has 26 heavy (non-hydrogen) atoms. The summed E-state index contributed by atoms with van der Waals surface area (Å²) in [5, 5.41) is 0. The minimum Gasteiger partial charge on any atom is -0.459 e. The Balaban J connectivity index is 4.45. The zero-order chi connectivity index (χ0) is 22.5. The molecule has 0 radical (unpaired) electrons. The third kappa shape index (κ3) is 14.7. The molecule has 0 aromatic carbocycles. The zero-order valence-corrected chi connectivity index (χ0v) is 17.0. The van der Waals surface area contributed by atoms with Crippen LogP contribution >= 0.6 is 0 Å². The monoisotopic (exact) mass is 372 g/mol. The fourth-order valence-corrected chi connectivity index (χ4v) is 2.41. The molecule has 0 spiro atoms. The molecule has 0 fully saturated rings. The maximum absolute atomic E-state index is 12.0. The second-order valence-electron chi connectivity index (χ2n) is 7.61. The molecule has 0 saturated carbocycles. The van der Waals surface area contributed by atoms with Crippen LogP contribution in [0, 0.1) is 0 Å². The molecule has 6 nitrogen and oxygen atoms in total. The number of aliphatic imine (C=N–C) groups is 1. The fraction of sp³-hybridized carbons (Fsp3) is 0.850. The van der Waals surface area contributed by atoms with Crippen molar-refractivity contribution in [3.8, 4) is 0 Å². The van der Waals surface area contributed by atoms with Gasteiger partial charge in [0.25, 0.3) is 0 Å². The standard InChI is InChI=1S/C20H39N3O3/c1-6-7-8-9-10-11-12-13-14-15-17(24)22-19(21)23(5)16-18(25)26-20(2,3)4/h6-16H2,1-5H3,(H2,21,22,24)/i5D3. The summed E-state index contributed by atoms with van der Waals surface area (Å²) in [6.07, 6.45) is 10.3. The molecule has 0 atom stereocenters. The van der Waals surface area contributed by atoms with Gasteiger partial charge in [-0.1, -0.05) is 58.3 Å². The van der Waals surface area contributed by atoms with Crippen molar-refractivity contribution < 1.29 is 18.4 Å². The van der Waals surface area contributed by atoms with Gasteiger partial charge in [-0.2, -0.15) is 4.99 Å². The lowest BCUT2D eigenvalue weighted by Crippen LogP contribution is -2.40. The first-order valence-corrected chi connectivity index (χ1v) is 9.73. The predicted octanol–water partition coefficient (Wildman–Crippen LogP) is 4.02. The van der Waals surface area contributed by atoms with Crippen LogP contribution < -0.4 is 5.73 Å². The molecular weight excluding hydrogens is 330 g/mol. The molecule has 0 rings (SSSR count).